The van der Waals surface area contributed by atoms with E-state index in [1.807, 2.05) is 54.6 Å². The quantitative estimate of drug-likeness (QED) is 0.467. The maximum absolute atomic E-state index is 11.9. The third-order valence-electron chi connectivity index (χ3n) is 3.89. The molecule has 1 amide bonds. The van der Waals surface area contributed by atoms with Crippen molar-refractivity contribution in [2.75, 3.05) is 12.4 Å². The minimum absolute atomic E-state index is 0.196. The first-order valence-corrected chi connectivity index (χ1v) is 9.95. The summed E-state index contributed by atoms with van der Waals surface area (Å²) in [5.41, 5.74) is 2.84. The maximum atomic E-state index is 11.9. The number of carbonyl (C=O) groups excluding carboxylic acids is 1. The summed E-state index contributed by atoms with van der Waals surface area (Å²) in [5.74, 6) is 0. The van der Waals surface area contributed by atoms with Gasteiger partial charge in [0.1, 0.15) is 6.61 Å². The molecule has 3 aromatic rings. The average Bonchev–Trinajstić information content (AvgIpc) is 2.70. The SMILES string of the molecule is CN(Cc1ccccc1)Sc1ccc(NC(=O)OCc2ccc(Cl)cc2)cc1. The molecule has 0 spiro atoms. The van der Waals surface area contributed by atoms with Crippen molar-refractivity contribution in [3.05, 3.63) is 95.0 Å². The second-order valence-corrected chi connectivity index (χ2v) is 7.93. The largest absolute Gasteiger partial charge is 0.444 e. The van der Waals surface area contributed by atoms with E-state index in [4.69, 9.17) is 16.3 Å². The number of hydrogen-bond donors (Lipinski definition) is 1. The lowest BCUT2D eigenvalue weighted by atomic mass is 10.2. The molecular weight excluding hydrogens is 392 g/mol. The van der Waals surface area contributed by atoms with Crippen LogP contribution in [0.3, 0.4) is 0 Å². The van der Waals surface area contributed by atoms with Crippen LogP contribution < -0.4 is 5.32 Å². The summed E-state index contributed by atoms with van der Waals surface area (Å²) in [6.07, 6.45) is -0.489. The van der Waals surface area contributed by atoms with Gasteiger partial charge in [0.2, 0.25) is 0 Å². The number of anilines is 1. The van der Waals surface area contributed by atoms with Gasteiger partial charge < -0.3 is 4.74 Å². The normalized spacial score (nSPS) is 10.7. The highest BCUT2D eigenvalue weighted by atomic mass is 35.5. The molecule has 0 aliphatic heterocycles. The predicted octanol–water partition coefficient (Wildman–Crippen LogP) is 6.23. The molecule has 0 aromatic heterocycles. The highest BCUT2D eigenvalue weighted by Crippen LogP contribution is 2.24. The minimum atomic E-state index is -0.489. The molecule has 0 aliphatic carbocycles. The summed E-state index contributed by atoms with van der Waals surface area (Å²) >= 11 is 7.49. The fourth-order valence-corrected chi connectivity index (χ4v) is 3.49. The van der Waals surface area contributed by atoms with Crippen LogP contribution in [0.2, 0.25) is 5.02 Å². The molecule has 6 heteroatoms. The van der Waals surface area contributed by atoms with Crippen LogP contribution in [0.4, 0.5) is 10.5 Å². The van der Waals surface area contributed by atoms with Crippen LogP contribution >= 0.6 is 23.5 Å². The Labute approximate surface area is 174 Å². The number of benzene rings is 3. The van der Waals surface area contributed by atoms with Crippen LogP contribution in [0.15, 0.2) is 83.8 Å². The van der Waals surface area contributed by atoms with Crippen LogP contribution in [-0.2, 0) is 17.9 Å². The van der Waals surface area contributed by atoms with Crippen molar-refractivity contribution in [3.63, 3.8) is 0 Å². The molecule has 0 heterocycles. The fraction of sp³-hybridized carbons (Fsp3) is 0.136. The summed E-state index contributed by atoms with van der Waals surface area (Å²) in [4.78, 5) is 13.0. The highest BCUT2D eigenvalue weighted by molar-refractivity contribution is 7.97. The number of rotatable bonds is 7. The molecule has 1 N–H and O–H groups in total. The van der Waals surface area contributed by atoms with Crippen LogP contribution in [0.25, 0.3) is 0 Å². The lowest BCUT2D eigenvalue weighted by molar-refractivity contribution is 0.155. The number of nitrogens with one attached hydrogen (secondary N) is 1. The number of halogens is 1. The molecule has 144 valence electrons. The van der Waals surface area contributed by atoms with Crippen molar-refractivity contribution in [1.29, 1.82) is 0 Å². The number of nitrogens with zero attached hydrogens (tertiary/aromatic N) is 1. The van der Waals surface area contributed by atoms with Crippen molar-refractivity contribution in [1.82, 2.24) is 4.31 Å². The number of ether oxygens (including phenoxy) is 1. The van der Waals surface area contributed by atoms with Crippen molar-refractivity contribution in [3.8, 4) is 0 Å². The van der Waals surface area contributed by atoms with E-state index in [9.17, 15) is 4.79 Å². The van der Waals surface area contributed by atoms with E-state index in [2.05, 4.69) is 28.8 Å². The molecule has 0 radical (unpaired) electrons. The van der Waals surface area contributed by atoms with Gasteiger partial charge >= 0.3 is 6.09 Å². The third kappa shape index (κ3) is 6.60. The Morgan fingerprint density at radius 1 is 0.964 bits per heavy atom. The Bertz CT molecular complexity index is 887. The molecule has 4 nitrogen and oxygen atoms in total. The number of carbonyl (C=O) groups is 1. The van der Waals surface area contributed by atoms with Crippen LogP contribution in [0, 0.1) is 0 Å². The van der Waals surface area contributed by atoms with E-state index < -0.39 is 6.09 Å². The molecule has 0 aliphatic rings. The summed E-state index contributed by atoms with van der Waals surface area (Å²) in [6.45, 7) is 1.05. The molecule has 0 fully saturated rings. The zero-order valence-corrected chi connectivity index (χ0v) is 17.0. The molecule has 3 aromatic carbocycles. The van der Waals surface area contributed by atoms with E-state index >= 15 is 0 Å². The van der Waals surface area contributed by atoms with Gasteiger partial charge in [0.15, 0.2) is 0 Å². The van der Waals surface area contributed by atoms with Crippen molar-refractivity contribution >= 4 is 35.3 Å². The second-order valence-electron chi connectivity index (χ2n) is 6.21. The molecule has 0 unspecified atom stereocenters. The van der Waals surface area contributed by atoms with Gasteiger partial charge in [0, 0.05) is 22.2 Å². The number of hydrogen-bond acceptors (Lipinski definition) is 4. The molecular formula is C22H21ClN2O2S. The Morgan fingerprint density at radius 3 is 2.32 bits per heavy atom. The van der Waals surface area contributed by atoms with Gasteiger partial charge in [-0.05, 0) is 66.5 Å². The zero-order chi connectivity index (χ0) is 19.8. The topological polar surface area (TPSA) is 41.6 Å². The molecule has 0 atom stereocenters. The van der Waals surface area contributed by atoms with Gasteiger partial charge in [-0.2, -0.15) is 0 Å². The smallest absolute Gasteiger partial charge is 0.411 e. The van der Waals surface area contributed by atoms with Gasteiger partial charge in [0.05, 0.1) is 0 Å². The first-order chi connectivity index (χ1) is 13.6. The summed E-state index contributed by atoms with van der Waals surface area (Å²) < 4.78 is 7.39. The lowest BCUT2D eigenvalue weighted by Gasteiger charge is -2.15. The van der Waals surface area contributed by atoms with Gasteiger partial charge in [-0.25, -0.2) is 9.10 Å². The monoisotopic (exact) mass is 412 g/mol. The van der Waals surface area contributed by atoms with Crippen LogP contribution in [0.1, 0.15) is 11.1 Å². The van der Waals surface area contributed by atoms with Gasteiger partial charge in [-0.3, -0.25) is 5.32 Å². The first kappa shape index (κ1) is 20.3. The van der Waals surface area contributed by atoms with Gasteiger partial charge in [-0.15, -0.1) is 0 Å². The summed E-state index contributed by atoms with van der Waals surface area (Å²) in [5, 5.41) is 3.39. The zero-order valence-electron chi connectivity index (χ0n) is 15.5. The van der Waals surface area contributed by atoms with Crippen molar-refractivity contribution < 1.29 is 9.53 Å². The molecule has 0 saturated heterocycles. The standard InChI is InChI=1S/C22H21ClN2O2S/c1-25(15-17-5-3-2-4-6-17)28-21-13-11-20(12-14-21)24-22(26)27-16-18-7-9-19(23)10-8-18/h2-14H,15-16H2,1H3,(H,24,26). The number of amides is 1. The summed E-state index contributed by atoms with van der Waals surface area (Å²) in [6, 6.07) is 25.2. The first-order valence-electron chi connectivity index (χ1n) is 8.80. The molecule has 0 bridgehead atoms. The van der Waals surface area contributed by atoms with Crippen LogP contribution in [0.5, 0.6) is 0 Å². The molecule has 3 rings (SSSR count). The fourth-order valence-electron chi connectivity index (χ4n) is 2.54. The van der Waals surface area contributed by atoms with E-state index in [1.54, 1.807) is 24.1 Å². The van der Waals surface area contributed by atoms with Gasteiger partial charge in [-0.1, -0.05) is 54.1 Å². The second kappa shape index (κ2) is 10.2. The Hall–Kier alpha value is -2.47. The lowest BCUT2D eigenvalue weighted by Crippen LogP contribution is -2.13. The van der Waals surface area contributed by atoms with E-state index in [0.717, 1.165) is 17.0 Å². The molecule has 0 saturated carbocycles. The van der Waals surface area contributed by atoms with E-state index in [-0.39, 0.29) is 6.61 Å². The summed E-state index contributed by atoms with van der Waals surface area (Å²) in [7, 11) is 2.05. The van der Waals surface area contributed by atoms with Crippen molar-refractivity contribution in [2.45, 2.75) is 18.0 Å². The Balaban J connectivity index is 1.45. The average molecular weight is 413 g/mol. The van der Waals surface area contributed by atoms with E-state index in [0.29, 0.717) is 10.7 Å². The van der Waals surface area contributed by atoms with Crippen molar-refractivity contribution in [2.24, 2.45) is 0 Å². The highest BCUT2D eigenvalue weighted by Gasteiger charge is 2.06. The van der Waals surface area contributed by atoms with Gasteiger partial charge in [0.25, 0.3) is 0 Å². The molecule has 28 heavy (non-hydrogen) atoms. The Morgan fingerprint density at radius 2 is 1.64 bits per heavy atom. The Kier molecular flexibility index (Phi) is 7.37. The third-order valence-corrected chi connectivity index (χ3v) is 5.07. The van der Waals surface area contributed by atoms with E-state index in [1.165, 1.54) is 5.56 Å². The van der Waals surface area contributed by atoms with Crippen LogP contribution in [-0.4, -0.2) is 17.4 Å². The minimum Gasteiger partial charge on any atom is -0.444 e. The maximum Gasteiger partial charge on any atom is 0.411 e. The predicted molar refractivity (Wildman–Crippen MR) is 115 cm³/mol.